The Morgan fingerprint density at radius 3 is 2.08 bits per heavy atom. The summed E-state index contributed by atoms with van der Waals surface area (Å²) in [5.41, 5.74) is 0.335. The van der Waals surface area contributed by atoms with Crippen LogP contribution in [0.3, 0.4) is 0 Å². The van der Waals surface area contributed by atoms with Crippen molar-refractivity contribution in [3.63, 3.8) is 0 Å². The van der Waals surface area contributed by atoms with Crippen LogP contribution in [0, 0.1) is 5.92 Å². The lowest BCUT2D eigenvalue weighted by Crippen LogP contribution is -2.55. The van der Waals surface area contributed by atoms with Gasteiger partial charge in [-0.2, -0.15) is 0 Å². The van der Waals surface area contributed by atoms with E-state index < -0.39 is 0 Å². The van der Waals surface area contributed by atoms with E-state index in [4.69, 9.17) is 4.74 Å². The monoisotopic (exact) mass is 337 g/mol. The van der Waals surface area contributed by atoms with Crippen LogP contribution in [0.25, 0.3) is 0 Å². The second-order valence-electron chi connectivity index (χ2n) is 10.3. The van der Waals surface area contributed by atoms with Crippen molar-refractivity contribution in [2.24, 2.45) is 5.92 Å². The topological polar surface area (TPSA) is 19.0 Å². The van der Waals surface area contributed by atoms with Crippen molar-refractivity contribution in [2.45, 2.75) is 84.0 Å². The zero-order chi connectivity index (χ0) is 17.5. The molecule has 140 valence electrons. The molecule has 2 bridgehead atoms. The van der Waals surface area contributed by atoms with Gasteiger partial charge in [-0.1, -0.05) is 0 Å². The average molecular weight is 338 g/mol. The zero-order valence-electron chi connectivity index (χ0n) is 16.8. The van der Waals surface area contributed by atoms with Crippen LogP contribution < -0.4 is 0 Å². The molecule has 4 heteroatoms. The van der Waals surface area contributed by atoms with E-state index in [2.05, 4.69) is 56.2 Å². The number of hydrogen-bond donors (Lipinski definition) is 0. The normalized spacial score (nSPS) is 31.2. The molecule has 3 saturated heterocycles. The Morgan fingerprint density at radius 2 is 1.58 bits per heavy atom. The quantitative estimate of drug-likeness (QED) is 0.785. The number of fused-ring (bicyclic) bond motifs is 2. The van der Waals surface area contributed by atoms with Gasteiger partial charge in [0, 0.05) is 30.7 Å². The Morgan fingerprint density at radius 1 is 0.917 bits per heavy atom. The van der Waals surface area contributed by atoms with Crippen LogP contribution in [0.15, 0.2) is 0 Å². The predicted octanol–water partition coefficient (Wildman–Crippen LogP) is 3.03. The molecule has 3 heterocycles. The molecule has 3 aliphatic rings. The summed E-state index contributed by atoms with van der Waals surface area (Å²) < 4.78 is 5.99. The molecule has 0 amide bonds. The minimum atomic E-state index is 0.00481. The number of rotatable bonds is 4. The highest BCUT2D eigenvalue weighted by atomic mass is 16.5. The molecule has 0 aliphatic carbocycles. The first-order chi connectivity index (χ1) is 11.1. The highest BCUT2D eigenvalue weighted by Crippen LogP contribution is 2.35. The number of hydrogen-bond acceptors (Lipinski definition) is 4. The van der Waals surface area contributed by atoms with Crippen molar-refractivity contribution in [1.29, 1.82) is 0 Å². The van der Waals surface area contributed by atoms with Crippen LogP contribution in [0.2, 0.25) is 0 Å². The molecule has 3 aliphatic heterocycles. The minimum Gasteiger partial charge on any atom is -0.376 e. The first-order valence-electron chi connectivity index (χ1n) is 9.99. The van der Waals surface area contributed by atoms with E-state index in [1.54, 1.807) is 0 Å². The van der Waals surface area contributed by atoms with Crippen molar-refractivity contribution in [3.05, 3.63) is 0 Å². The first-order valence-corrected chi connectivity index (χ1v) is 9.99. The number of ether oxygens (including phenoxy) is 1. The molecule has 3 rings (SSSR count). The van der Waals surface area contributed by atoms with Crippen LogP contribution in [0.5, 0.6) is 0 Å². The fraction of sp³-hybridized carbons (Fsp3) is 1.00. The van der Waals surface area contributed by atoms with Crippen molar-refractivity contribution < 1.29 is 4.74 Å². The van der Waals surface area contributed by atoms with Crippen molar-refractivity contribution in [1.82, 2.24) is 14.7 Å². The van der Waals surface area contributed by atoms with Gasteiger partial charge in [-0.25, -0.2) is 0 Å². The summed E-state index contributed by atoms with van der Waals surface area (Å²) in [6.45, 7) is 20.7. The molecule has 0 saturated carbocycles. The molecule has 0 radical (unpaired) electrons. The molecule has 0 aromatic carbocycles. The third-order valence-electron chi connectivity index (χ3n) is 6.06. The standard InChI is InChI=1S/C20H39N3O/c1-19(2,3)23-13-17-11-18(23)12-22(17)15-21-9-7-16(8-10-21)14-24-20(4,5)6/h16-18H,7-15H2,1-6H3/t17-,18-/m0/s1. The van der Waals surface area contributed by atoms with Gasteiger partial charge < -0.3 is 4.74 Å². The maximum Gasteiger partial charge on any atom is 0.0598 e. The number of piperidine rings is 1. The Kier molecular flexibility index (Phi) is 5.33. The van der Waals surface area contributed by atoms with Gasteiger partial charge in [0.15, 0.2) is 0 Å². The van der Waals surface area contributed by atoms with Crippen molar-refractivity contribution in [2.75, 3.05) is 39.5 Å². The van der Waals surface area contributed by atoms with Crippen LogP contribution in [0.1, 0.15) is 60.8 Å². The lowest BCUT2D eigenvalue weighted by atomic mass is 9.97. The van der Waals surface area contributed by atoms with E-state index >= 15 is 0 Å². The smallest absolute Gasteiger partial charge is 0.0598 e. The minimum absolute atomic E-state index is 0.00481. The maximum absolute atomic E-state index is 5.99. The molecular formula is C20H39N3O. The number of nitrogens with zero attached hydrogens (tertiary/aromatic N) is 3. The van der Waals surface area contributed by atoms with Crippen LogP contribution in [-0.2, 0) is 4.74 Å². The number of piperazine rings is 1. The van der Waals surface area contributed by atoms with Crippen LogP contribution >= 0.6 is 0 Å². The molecule has 2 atom stereocenters. The summed E-state index contributed by atoms with van der Waals surface area (Å²) in [6, 6.07) is 1.57. The average Bonchev–Trinajstić information content (AvgIpc) is 3.05. The van der Waals surface area contributed by atoms with E-state index in [1.165, 1.54) is 52.1 Å². The van der Waals surface area contributed by atoms with E-state index in [0.717, 1.165) is 24.6 Å². The van der Waals surface area contributed by atoms with Gasteiger partial charge in [-0.15, -0.1) is 0 Å². The molecule has 0 spiro atoms. The van der Waals surface area contributed by atoms with E-state index in [9.17, 15) is 0 Å². The summed E-state index contributed by atoms with van der Waals surface area (Å²) >= 11 is 0. The molecule has 4 nitrogen and oxygen atoms in total. The zero-order valence-corrected chi connectivity index (χ0v) is 16.8. The van der Waals surface area contributed by atoms with Gasteiger partial charge in [0.25, 0.3) is 0 Å². The van der Waals surface area contributed by atoms with E-state index in [0.29, 0.717) is 5.54 Å². The largest absolute Gasteiger partial charge is 0.376 e. The van der Waals surface area contributed by atoms with Gasteiger partial charge in [0.2, 0.25) is 0 Å². The predicted molar refractivity (Wildman–Crippen MR) is 100 cm³/mol. The fourth-order valence-corrected chi connectivity index (χ4v) is 4.66. The third-order valence-corrected chi connectivity index (χ3v) is 6.06. The second-order valence-corrected chi connectivity index (χ2v) is 10.3. The van der Waals surface area contributed by atoms with Gasteiger partial charge in [0.05, 0.1) is 18.9 Å². The van der Waals surface area contributed by atoms with Gasteiger partial charge >= 0.3 is 0 Å². The van der Waals surface area contributed by atoms with Crippen LogP contribution in [0.4, 0.5) is 0 Å². The maximum atomic E-state index is 5.99. The summed E-state index contributed by atoms with van der Waals surface area (Å²) in [6.07, 6.45) is 3.98. The Bertz CT molecular complexity index is 418. The lowest BCUT2D eigenvalue weighted by molar-refractivity contribution is -0.0375. The Balaban J connectivity index is 1.39. The highest BCUT2D eigenvalue weighted by Gasteiger charge is 2.46. The highest BCUT2D eigenvalue weighted by molar-refractivity contribution is 5.03. The SMILES string of the molecule is CC(C)(C)OCC1CCN(CN2C[C@@H]3C[C@H]2CN3C(C)(C)C)CC1. The number of likely N-dealkylation sites (tertiary alicyclic amines) is 3. The molecule has 0 N–H and O–H groups in total. The van der Waals surface area contributed by atoms with E-state index in [1.807, 2.05) is 0 Å². The summed E-state index contributed by atoms with van der Waals surface area (Å²) in [5, 5.41) is 0. The van der Waals surface area contributed by atoms with Gasteiger partial charge in [0.1, 0.15) is 0 Å². The van der Waals surface area contributed by atoms with Crippen molar-refractivity contribution >= 4 is 0 Å². The molecule has 0 aromatic rings. The molecule has 0 unspecified atom stereocenters. The Hall–Kier alpha value is -0.160. The summed E-state index contributed by atoms with van der Waals surface area (Å²) in [7, 11) is 0. The van der Waals surface area contributed by atoms with Gasteiger partial charge in [-0.3, -0.25) is 14.7 Å². The fourth-order valence-electron chi connectivity index (χ4n) is 4.66. The molecule has 3 fully saturated rings. The van der Waals surface area contributed by atoms with Gasteiger partial charge in [-0.05, 0) is 79.8 Å². The molecular weight excluding hydrogens is 298 g/mol. The third kappa shape index (κ3) is 4.51. The lowest BCUT2D eigenvalue weighted by Gasteiger charge is -2.44. The summed E-state index contributed by atoms with van der Waals surface area (Å²) in [4.78, 5) is 8.15. The molecule has 24 heavy (non-hydrogen) atoms. The Labute approximate surface area is 149 Å². The first kappa shape index (κ1) is 18.6. The van der Waals surface area contributed by atoms with Crippen molar-refractivity contribution in [3.8, 4) is 0 Å². The second kappa shape index (κ2) is 6.86. The van der Waals surface area contributed by atoms with E-state index in [-0.39, 0.29) is 5.60 Å². The molecule has 0 aromatic heterocycles. The van der Waals surface area contributed by atoms with Crippen LogP contribution in [-0.4, -0.2) is 77.4 Å². The summed E-state index contributed by atoms with van der Waals surface area (Å²) in [5.74, 6) is 0.756.